The molecule has 1 amide bonds. The Morgan fingerprint density at radius 1 is 1.56 bits per heavy atom. The van der Waals surface area contributed by atoms with Crippen molar-refractivity contribution in [3.63, 3.8) is 0 Å². The van der Waals surface area contributed by atoms with Gasteiger partial charge in [0.2, 0.25) is 11.0 Å². The molecule has 16 heavy (non-hydrogen) atoms. The highest BCUT2D eigenvalue weighted by Crippen LogP contribution is 2.21. The predicted octanol–water partition coefficient (Wildman–Crippen LogP) is 1.32. The van der Waals surface area contributed by atoms with E-state index in [2.05, 4.69) is 20.0 Å². The molecule has 0 radical (unpaired) electrons. The highest BCUT2D eigenvalue weighted by Gasteiger charge is 2.34. The third-order valence-corrected chi connectivity index (χ3v) is 3.59. The lowest BCUT2D eigenvalue weighted by atomic mass is 9.90. The molecule has 88 valence electrons. The normalized spacial score (nSPS) is 25.4. The van der Waals surface area contributed by atoms with Gasteiger partial charge < -0.3 is 5.32 Å². The van der Waals surface area contributed by atoms with Crippen LogP contribution in [-0.2, 0) is 4.79 Å². The molecule has 0 aromatic carbocycles. The van der Waals surface area contributed by atoms with Crippen LogP contribution in [0.2, 0.25) is 0 Å². The fourth-order valence-electron chi connectivity index (χ4n) is 1.83. The van der Waals surface area contributed by atoms with Gasteiger partial charge in [-0.25, -0.2) is 4.98 Å². The molecule has 1 saturated heterocycles. The molecule has 1 aliphatic rings. The topological polar surface area (TPSA) is 66.9 Å². The van der Waals surface area contributed by atoms with E-state index in [0.717, 1.165) is 25.8 Å². The van der Waals surface area contributed by atoms with Crippen molar-refractivity contribution in [1.82, 2.24) is 14.7 Å². The van der Waals surface area contributed by atoms with Crippen molar-refractivity contribution in [2.75, 3.05) is 11.9 Å². The largest absolute Gasteiger partial charge is 0.304 e. The van der Waals surface area contributed by atoms with Crippen LogP contribution in [-0.4, -0.2) is 27.3 Å². The zero-order chi connectivity index (χ0) is 11.6. The zero-order valence-electron chi connectivity index (χ0n) is 9.54. The third kappa shape index (κ3) is 2.38. The summed E-state index contributed by atoms with van der Waals surface area (Å²) < 4.78 is 4.03. The van der Waals surface area contributed by atoms with Crippen LogP contribution in [0.25, 0.3) is 0 Å². The number of carbonyl (C=O) groups is 1. The van der Waals surface area contributed by atoms with Crippen molar-refractivity contribution in [1.29, 1.82) is 0 Å². The molecule has 0 spiro atoms. The number of piperidine rings is 1. The maximum atomic E-state index is 12.1. The number of nitrogens with zero attached hydrogens (tertiary/aromatic N) is 2. The van der Waals surface area contributed by atoms with Gasteiger partial charge in [-0.05, 0) is 39.7 Å². The number of hydrogen-bond acceptors (Lipinski definition) is 5. The van der Waals surface area contributed by atoms with Crippen LogP contribution in [0.4, 0.5) is 5.13 Å². The Hall–Kier alpha value is -1.01. The van der Waals surface area contributed by atoms with Gasteiger partial charge in [-0.2, -0.15) is 4.37 Å². The standard InChI is InChI=1S/C10H16N4OS/c1-7-12-9(16-14-7)13-8(15)10(2)5-3-4-6-11-10/h11H,3-6H2,1-2H3,(H,12,13,14,15). The Labute approximate surface area is 98.8 Å². The molecule has 6 heteroatoms. The molecule has 1 fully saturated rings. The number of amides is 1. The highest BCUT2D eigenvalue weighted by atomic mass is 32.1. The first-order valence-electron chi connectivity index (χ1n) is 5.47. The number of aromatic nitrogens is 2. The van der Waals surface area contributed by atoms with Gasteiger partial charge in [-0.15, -0.1) is 0 Å². The van der Waals surface area contributed by atoms with Crippen LogP contribution in [0.15, 0.2) is 0 Å². The first-order chi connectivity index (χ1) is 7.60. The zero-order valence-corrected chi connectivity index (χ0v) is 10.4. The van der Waals surface area contributed by atoms with Crippen LogP contribution in [0, 0.1) is 6.92 Å². The molecule has 1 atom stereocenters. The quantitative estimate of drug-likeness (QED) is 0.818. The van der Waals surface area contributed by atoms with E-state index in [0.29, 0.717) is 11.0 Å². The van der Waals surface area contributed by atoms with Gasteiger partial charge in [0.25, 0.3) is 0 Å². The van der Waals surface area contributed by atoms with E-state index < -0.39 is 5.54 Å². The number of hydrogen-bond donors (Lipinski definition) is 2. The minimum Gasteiger partial charge on any atom is -0.304 e. The summed E-state index contributed by atoms with van der Waals surface area (Å²) in [6, 6.07) is 0. The fraction of sp³-hybridized carbons (Fsp3) is 0.700. The van der Waals surface area contributed by atoms with Gasteiger partial charge in [0.05, 0.1) is 5.54 Å². The van der Waals surface area contributed by atoms with Gasteiger partial charge in [-0.1, -0.05) is 0 Å². The molecule has 0 bridgehead atoms. The molecule has 1 aliphatic heterocycles. The number of rotatable bonds is 2. The minimum atomic E-state index is -0.460. The summed E-state index contributed by atoms with van der Waals surface area (Å²) >= 11 is 1.22. The monoisotopic (exact) mass is 240 g/mol. The lowest BCUT2D eigenvalue weighted by molar-refractivity contribution is -0.122. The Kier molecular flexibility index (Phi) is 3.20. The van der Waals surface area contributed by atoms with Crippen molar-refractivity contribution < 1.29 is 4.79 Å². The summed E-state index contributed by atoms with van der Waals surface area (Å²) in [7, 11) is 0. The summed E-state index contributed by atoms with van der Waals surface area (Å²) in [4.78, 5) is 16.2. The van der Waals surface area contributed by atoms with Crippen LogP contribution < -0.4 is 10.6 Å². The van der Waals surface area contributed by atoms with Crippen LogP contribution >= 0.6 is 11.5 Å². The van der Waals surface area contributed by atoms with E-state index in [1.807, 2.05) is 13.8 Å². The van der Waals surface area contributed by atoms with Crippen LogP contribution in [0.5, 0.6) is 0 Å². The van der Waals surface area contributed by atoms with Crippen LogP contribution in [0.3, 0.4) is 0 Å². The lowest BCUT2D eigenvalue weighted by Gasteiger charge is -2.32. The van der Waals surface area contributed by atoms with E-state index in [4.69, 9.17) is 0 Å². The molecular weight excluding hydrogens is 224 g/mol. The number of nitrogens with one attached hydrogen (secondary N) is 2. The van der Waals surface area contributed by atoms with E-state index in [1.165, 1.54) is 11.5 Å². The second-order valence-corrected chi connectivity index (χ2v) is 5.07. The summed E-state index contributed by atoms with van der Waals surface area (Å²) in [6.07, 6.45) is 3.10. The number of aryl methyl sites for hydroxylation is 1. The van der Waals surface area contributed by atoms with E-state index in [9.17, 15) is 4.79 Å². The number of anilines is 1. The van der Waals surface area contributed by atoms with E-state index in [-0.39, 0.29) is 5.91 Å². The summed E-state index contributed by atoms with van der Waals surface area (Å²) in [5.41, 5.74) is -0.460. The molecule has 2 N–H and O–H groups in total. The maximum Gasteiger partial charge on any atom is 0.246 e. The lowest BCUT2D eigenvalue weighted by Crippen LogP contribution is -2.54. The second-order valence-electron chi connectivity index (χ2n) is 4.32. The average Bonchev–Trinajstić information content (AvgIpc) is 2.65. The number of carbonyl (C=O) groups excluding carboxylic acids is 1. The minimum absolute atomic E-state index is 0.0108. The third-order valence-electron chi connectivity index (χ3n) is 2.87. The summed E-state index contributed by atoms with van der Waals surface area (Å²) in [6.45, 7) is 4.65. The Bertz CT molecular complexity index is 384. The van der Waals surface area contributed by atoms with Crippen molar-refractivity contribution in [3.05, 3.63) is 5.82 Å². The smallest absolute Gasteiger partial charge is 0.246 e. The predicted molar refractivity (Wildman–Crippen MR) is 63.5 cm³/mol. The van der Waals surface area contributed by atoms with Crippen molar-refractivity contribution in [3.8, 4) is 0 Å². The SMILES string of the molecule is Cc1nsc(NC(=O)C2(C)CCCCN2)n1. The molecular formula is C10H16N4OS. The first kappa shape index (κ1) is 11.5. The van der Waals surface area contributed by atoms with Gasteiger partial charge in [0.1, 0.15) is 5.82 Å². The molecule has 0 saturated carbocycles. The molecule has 2 rings (SSSR count). The highest BCUT2D eigenvalue weighted by molar-refractivity contribution is 7.09. The molecule has 1 unspecified atom stereocenters. The molecule has 1 aromatic rings. The molecule has 5 nitrogen and oxygen atoms in total. The maximum absolute atomic E-state index is 12.1. The Balaban J connectivity index is 2.01. The van der Waals surface area contributed by atoms with E-state index in [1.54, 1.807) is 0 Å². The first-order valence-corrected chi connectivity index (χ1v) is 6.24. The Morgan fingerprint density at radius 3 is 2.94 bits per heavy atom. The van der Waals surface area contributed by atoms with Gasteiger partial charge in [0.15, 0.2) is 0 Å². The molecule has 1 aromatic heterocycles. The van der Waals surface area contributed by atoms with Gasteiger partial charge in [0, 0.05) is 11.5 Å². The van der Waals surface area contributed by atoms with Crippen molar-refractivity contribution in [2.45, 2.75) is 38.6 Å². The van der Waals surface area contributed by atoms with Crippen molar-refractivity contribution in [2.24, 2.45) is 0 Å². The Morgan fingerprint density at radius 2 is 2.38 bits per heavy atom. The van der Waals surface area contributed by atoms with Gasteiger partial charge in [-0.3, -0.25) is 10.1 Å². The summed E-state index contributed by atoms with van der Waals surface area (Å²) in [5, 5.41) is 6.66. The molecule has 2 heterocycles. The van der Waals surface area contributed by atoms with E-state index >= 15 is 0 Å². The van der Waals surface area contributed by atoms with Crippen molar-refractivity contribution >= 4 is 22.6 Å². The molecule has 0 aliphatic carbocycles. The van der Waals surface area contributed by atoms with Crippen LogP contribution in [0.1, 0.15) is 32.0 Å². The summed E-state index contributed by atoms with van der Waals surface area (Å²) in [5.74, 6) is 0.686. The van der Waals surface area contributed by atoms with Gasteiger partial charge >= 0.3 is 0 Å². The average molecular weight is 240 g/mol. The second kappa shape index (κ2) is 4.47. The fourth-order valence-corrected chi connectivity index (χ4v) is 2.40.